The van der Waals surface area contributed by atoms with Crippen LogP contribution in [0.4, 0.5) is 4.39 Å². The fraction of sp³-hybridized carbons (Fsp3) is 0.154. The predicted octanol–water partition coefficient (Wildman–Crippen LogP) is 3.22. The number of aldehydes is 1. The predicted molar refractivity (Wildman–Crippen MR) is 60.8 cm³/mol. The second-order valence-electron chi connectivity index (χ2n) is 3.56. The van der Waals surface area contributed by atoms with E-state index in [-0.39, 0.29) is 11.3 Å². The molecule has 3 nitrogen and oxygen atoms in total. The van der Waals surface area contributed by atoms with Gasteiger partial charge in [-0.25, -0.2) is 4.39 Å². The van der Waals surface area contributed by atoms with Gasteiger partial charge in [-0.1, -0.05) is 6.07 Å². The molecule has 0 aliphatic heterocycles. The van der Waals surface area contributed by atoms with Crippen LogP contribution in [0, 0.1) is 12.7 Å². The molecule has 88 valence electrons. The summed E-state index contributed by atoms with van der Waals surface area (Å²) in [4.78, 5) is 10.7. The highest BCUT2D eigenvalue weighted by molar-refractivity contribution is 5.79. The summed E-state index contributed by atoms with van der Waals surface area (Å²) in [6.07, 6.45) is 0.681. The third kappa shape index (κ3) is 1.93. The van der Waals surface area contributed by atoms with Crippen molar-refractivity contribution < 1.29 is 18.3 Å². The number of carbonyl (C=O) groups excluding carboxylic acids is 1. The Morgan fingerprint density at radius 2 is 2.18 bits per heavy atom. The fourth-order valence-electron chi connectivity index (χ4n) is 1.60. The van der Waals surface area contributed by atoms with Crippen molar-refractivity contribution in [1.29, 1.82) is 0 Å². The first-order valence-electron chi connectivity index (χ1n) is 5.06. The first kappa shape index (κ1) is 11.4. The van der Waals surface area contributed by atoms with Crippen molar-refractivity contribution in [1.82, 2.24) is 0 Å². The molecule has 0 amide bonds. The van der Waals surface area contributed by atoms with Crippen LogP contribution in [0.25, 0.3) is 11.3 Å². The van der Waals surface area contributed by atoms with Gasteiger partial charge in [0, 0.05) is 0 Å². The van der Waals surface area contributed by atoms with Gasteiger partial charge in [-0.05, 0) is 25.1 Å². The number of benzene rings is 1. The van der Waals surface area contributed by atoms with Crippen molar-refractivity contribution in [2.45, 2.75) is 6.92 Å². The van der Waals surface area contributed by atoms with Gasteiger partial charge in [0.05, 0.1) is 18.2 Å². The van der Waals surface area contributed by atoms with Crippen LogP contribution < -0.4 is 4.74 Å². The lowest BCUT2D eigenvalue weighted by Crippen LogP contribution is -1.90. The minimum atomic E-state index is -0.499. The van der Waals surface area contributed by atoms with Gasteiger partial charge < -0.3 is 9.15 Å². The number of hydrogen-bond acceptors (Lipinski definition) is 3. The number of methoxy groups -OCH3 is 1. The lowest BCUT2D eigenvalue weighted by Gasteiger charge is -2.04. The minimum Gasteiger partial charge on any atom is -0.494 e. The molecule has 0 unspecified atom stereocenters. The van der Waals surface area contributed by atoms with Crippen LogP contribution in [0.3, 0.4) is 0 Å². The second-order valence-corrected chi connectivity index (χ2v) is 3.56. The van der Waals surface area contributed by atoms with Crippen LogP contribution in [0.15, 0.2) is 28.7 Å². The molecule has 0 N–H and O–H groups in total. The van der Waals surface area contributed by atoms with Crippen LogP contribution in [-0.4, -0.2) is 13.4 Å². The Morgan fingerprint density at radius 1 is 1.41 bits per heavy atom. The Labute approximate surface area is 97.8 Å². The molecule has 0 bridgehead atoms. The molecule has 0 fully saturated rings. The van der Waals surface area contributed by atoms with Crippen molar-refractivity contribution in [3.8, 4) is 17.1 Å². The summed E-state index contributed by atoms with van der Waals surface area (Å²) in [7, 11) is 1.40. The van der Waals surface area contributed by atoms with Gasteiger partial charge in [-0.15, -0.1) is 0 Å². The molecule has 1 aromatic carbocycles. The van der Waals surface area contributed by atoms with Crippen molar-refractivity contribution in [2.24, 2.45) is 0 Å². The third-order valence-electron chi connectivity index (χ3n) is 2.53. The number of rotatable bonds is 3. The van der Waals surface area contributed by atoms with Crippen LogP contribution in [0.5, 0.6) is 5.75 Å². The first-order chi connectivity index (χ1) is 8.17. The van der Waals surface area contributed by atoms with E-state index in [9.17, 15) is 9.18 Å². The van der Waals surface area contributed by atoms with E-state index in [1.165, 1.54) is 19.2 Å². The third-order valence-corrected chi connectivity index (χ3v) is 2.53. The molecule has 0 saturated carbocycles. The summed E-state index contributed by atoms with van der Waals surface area (Å²) in [5.74, 6) is 0.434. The van der Waals surface area contributed by atoms with Crippen molar-refractivity contribution >= 4 is 6.29 Å². The minimum absolute atomic E-state index is 0.143. The van der Waals surface area contributed by atoms with E-state index in [4.69, 9.17) is 9.15 Å². The van der Waals surface area contributed by atoms with Gasteiger partial charge in [0.1, 0.15) is 11.5 Å². The van der Waals surface area contributed by atoms with E-state index < -0.39 is 5.82 Å². The maximum absolute atomic E-state index is 13.9. The van der Waals surface area contributed by atoms with Crippen LogP contribution in [0.1, 0.15) is 16.1 Å². The average molecular weight is 234 g/mol. The molecular weight excluding hydrogens is 223 g/mol. The first-order valence-corrected chi connectivity index (χ1v) is 5.06. The zero-order valence-electron chi connectivity index (χ0n) is 9.49. The zero-order valence-corrected chi connectivity index (χ0v) is 9.49. The molecule has 0 aliphatic carbocycles. The van der Waals surface area contributed by atoms with Gasteiger partial charge in [0.25, 0.3) is 0 Å². The summed E-state index contributed by atoms with van der Waals surface area (Å²) >= 11 is 0. The standard InChI is InChI=1S/C13H11FO3/c1-8-9(7-15)6-12(17-8)10-4-3-5-11(16-2)13(10)14/h3-7H,1-2H3. The topological polar surface area (TPSA) is 39.4 Å². The maximum Gasteiger partial charge on any atom is 0.175 e. The summed E-state index contributed by atoms with van der Waals surface area (Å²) in [5, 5.41) is 0. The van der Waals surface area contributed by atoms with E-state index in [1.54, 1.807) is 19.1 Å². The smallest absolute Gasteiger partial charge is 0.175 e. The molecule has 0 radical (unpaired) electrons. The summed E-state index contributed by atoms with van der Waals surface area (Å²) in [6.45, 7) is 1.66. The SMILES string of the molecule is COc1cccc(-c2cc(C=O)c(C)o2)c1F. The quantitative estimate of drug-likeness (QED) is 0.765. The normalized spacial score (nSPS) is 10.3. The van der Waals surface area contributed by atoms with Gasteiger partial charge in [0.15, 0.2) is 17.9 Å². The van der Waals surface area contributed by atoms with Crippen LogP contribution in [0.2, 0.25) is 0 Å². The van der Waals surface area contributed by atoms with Gasteiger partial charge in [-0.2, -0.15) is 0 Å². The molecule has 4 heteroatoms. The highest BCUT2D eigenvalue weighted by Crippen LogP contribution is 2.31. The highest BCUT2D eigenvalue weighted by Gasteiger charge is 2.15. The van der Waals surface area contributed by atoms with Crippen LogP contribution in [-0.2, 0) is 0 Å². The highest BCUT2D eigenvalue weighted by atomic mass is 19.1. The van der Waals surface area contributed by atoms with E-state index in [1.807, 2.05) is 0 Å². The Kier molecular flexibility index (Phi) is 2.95. The lowest BCUT2D eigenvalue weighted by molar-refractivity contribution is 0.112. The van der Waals surface area contributed by atoms with Gasteiger partial charge >= 0.3 is 0 Å². The van der Waals surface area contributed by atoms with Crippen molar-refractivity contribution in [3.05, 3.63) is 41.4 Å². The van der Waals surface area contributed by atoms with Gasteiger partial charge in [-0.3, -0.25) is 4.79 Å². The monoisotopic (exact) mass is 234 g/mol. The lowest BCUT2D eigenvalue weighted by atomic mass is 10.1. The Hall–Kier alpha value is -2.10. The molecular formula is C13H11FO3. The Morgan fingerprint density at radius 3 is 2.76 bits per heavy atom. The molecule has 0 saturated heterocycles. The number of halogens is 1. The summed E-state index contributed by atoms with van der Waals surface area (Å²) in [6, 6.07) is 6.27. The molecule has 1 heterocycles. The summed E-state index contributed by atoms with van der Waals surface area (Å²) < 4.78 is 24.2. The number of hydrogen-bond donors (Lipinski definition) is 0. The molecule has 0 aliphatic rings. The van der Waals surface area contributed by atoms with Crippen molar-refractivity contribution in [3.63, 3.8) is 0 Å². The molecule has 0 atom stereocenters. The molecule has 1 aromatic heterocycles. The van der Waals surface area contributed by atoms with E-state index in [0.717, 1.165) is 0 Å². The van der Waals surface area contributed by atoms with Gasteiger partial charge in [0.2, 0.25) is 0 Å². The fourth-order valence-corrected chi connectivity index (χ4v) is 1.60. The molecule has 2 aromatic rings. The maximum atomic E-state index is 13.9. The number of furan rings is 1. The largest absolute Gasteiger partial charge is 0.494 e. The van der Waals surface area contributed by atoms with Crippen molar-refractivity contribution in [2.75, 3.05) is 7.11 Å². The number of aryl methyl sites for hydroxylation is 1. The Balaban J connectivity index is 2.56. The Bertz CT molecular complexity index is 558. The van der Waals surface area contributed by atoms with E-state index in [2.05, 4.69) is 0 Å². The van der Waals surface area contributed by atoms with E-state index >= 15 is 0 Å². The molecule has 17 heavy (non-hydrogen) atoms. The number of ether oxygens (including phenoxy) is 1. The van der Waals surface area contributed by atoms with Crippen LogP contribution >= 0.6 is 0 Å². The molecule has 2 rings (SSSR count). The zero-order chi connectivity index (χ0) is 12.4. The number of carbonyl (C=O) groups is 1. The second kappa shape index (κ2) is 4.41. The van der Waals surface area contributed by atoms with E-state index in [0.29, 0.717) is 23.4 Å². The summed E-state index contributed by atoms with van der Waals surface area (Å²) in [5.41, 5.74) is 0.697. The molecule has 0 spiro atoms. The average Bonchev–Trinajstić information content (AvgIpc) is 2.70.